The Morgan fingerprint density at radius 1 is 1.08 bits per heavy atom. The van der Waals surface area contributed by atoms with Crippen molar-refractivity contribution in [3.05, 3.63) is 66.2 Å². The van der Waals surface area contributed by atoms with Gasteiger partial charge < -0.3 is 9.47 Å². The fraction of sp³-hybridized carbons (Fsp3) is 0.125. The van der Waals surface area contributed by atoms with E-state index in [1.165, 1.54) is 23.1 Å². The monoisotopic (exact) mass is 328 g/mol. The van der Waals surface area contributed by atoms with E-state index in [1.807, 2.05) is 0 Å². The van der Waals surface area contributed by atoms with Crippen molar-refractivity contribution in [3.8, 4) is 11.4 Å². The molecule has 0 spiro atoms. The highest BCUT2D eigenvalue weighted by atomic mass is 19.1. The van der Waals surface area contributed by atoms with Gasteiger partial charge in [0.15, 0.2) is 11.6 Å². The van der Waals surface area contributed by atoms with Crippen LogP contribution in [0, 0.1) is 5.82 Å². The van der Waals surface area contributed by atoms with Crippen molar-refractivity contribution >= 4 is 5.97 Å². The van der Waals surface area contributed by atoms with Crippen LogP contribution in [0.5, 0.6) is 5.75 Å². The number of tetrazole rings is 1. The smallest absolute Gasteiger partial charge is 0.338 e. The van der Waals surface area contributed by atoms with E-state index >= 15 is 0 Å². The van der Waals surface area contributed by atoms with Gasteiger partial charge in [0.1, 0.15) is 19.5 Å². The first-order chi connectivity index (χ1) is 11.7. The minimum atomic E-state index is -0.490. The Kier molecular flexibility index (Phi) is 4.76. The number of hydrogen-bond acceptors (Lipinski definition) is 6. The first-order valence-electron chi connectivity index (χ1n) is 7.12. The largest absolute Gasteiger partial charge is 0.487 e. The summed E-state index contributed by atoms with van der Waals surface area (Å²) in [5, 5.41) is 10.8. The number of carbonyl (C=O) groups is 1. The van der Waals surface area contributed by atoms with E-state index in [1.54, 1.807) is 36.4 Å². The summed E-state index contributed by atoms with van der Waals surface area (Å²) in [7, 11) is 0. The average Bonchev–Trinajstić information content (AvgIpc) is 3.15. The van der Waals surface area contributed by atoms with Crippen LogP contribution in [-0.2, 0) is 4.74 Å². The lowest BCUT2D eigenvalue weighted by molar-refractivity contribution is 0.0448. The Labute approximate surface area is 136 Å². The molecule has 0 atom stereocenters. The molecule has 122 valence electrons. The van der Waals surface area contributed by atoms with Gasteiger partial charge in [0.2, 0.25) is 0 Å². The zero-order chi connectivity index (χ0) is 16.8. The van der Waals surface area contributed by atoms with E-state index in [0.717, 1.165) is 5.69 Å². The lowest BCUT2D eigenvalue weighted by Crippen LogP contribution is -2.13. The predicted molar refractivity (Wildman–Crippen MR) is 81.3 cm³/mol. The Balaban J connectivity index is 1.49. The fourth-order valence-electron chi connectivity index (χ4n) is 1.96. The van der Waals surface area contributed by atoms with E-state index in [-0.39, 0.29) is 19.0 Å². The number of aromatic nitrogens is 4. The molecule has 7 nitrogen and oxygen atoms in total. The minimum Gasteiger partial charge on any atom is -0.487 e. The van der Waals surface area contributed by atoms with Crippen molar-refractivity contribution in [3.63, 3.8) is 0 Å². The molecular formula is C16H13FN4O3. The van der Waals surface area contributed by atoms with Crippen molar-refractivity contribution in [2.24, 2.45) is 0 Å². The van der Waals surface area contributed by atoms with Crippen LogP contribution in [0.4, 0.5) is 4.39 Å². The molecule has 0 fully saturated rings. The maximum atomic E-state index is 13.3. The first kappa shape index (κ1) is 15.6. The molecule has 0 saturated carbocycles. The number of rotatable bonds is 6. The molecule has 2 aromatic carbocycles. The summed E-state index contributed by atoms with van der Waals surface area (Å²) in [6.07, 6.45) is 1.45. The van der Waals surface area contributed by atoms with Gasteiger partial charge in [-0.2, -0.15) is 0 Å². The second-order valence-electron chi connectivity index (χ2n) is 4.72. The molecule has 3 rings (SSSR count). The van der Waals surface area contributed by atoms with Gasteiger partial charge in [0.05, 0.1) is 11.3 Å². The summed E-state index contributed by atoms with van der Waals surface area (Å²) in [6, 6.07) is 12.7. The normalized spacial score (nSPS) is 10.4. The molecule has 24 heavy (non-hydrogen) atoms. The lowest BCUT2D eigenvalue weighted by atomic mass is 10.2. The van der Waals surface area contributed by atoms with E-state index < -0.39 is 11.8 Å². The quantitative estimate of drug-likeness (QED) is 0.509. The van der Waals surface area contributed by atoms with Gasteiger partial charge in [-0.1, -0.05) is 12.1 Å². The van der Waals surface area contributed by atoms with Crippen LogP contribution < -0.4 is 4.74 Å². The summed E-state index contributed by atoms with van der Waals surface area (Å²) in [4.78, 5) is 11.9. The van der Waals surface area contributed by atoms with Crippen molar-refractivity contribution < 1.29 is 18.7 Å². The minimum absolute atomic E-state index is 0.0158. The standard InChI is InChI=1S/C16H13FN4O3/c17-14-3-1-2-4-15(14)23-9-10-24-16(22)12-5-7-13(8-6-12)21-11-18-19-20-21/h1-8,11H,9-10H2. The first-order valence-corrected chi connectivity index (χ1v) is 7.12. The molecule has 0 amide bonds. The van der Waals surface area contributed by atoms with Crippen LogP contribution in [0.1, 0.15) is 10.4 Å². The summed E-state index contributed by atoms with van der Waals surface area (Å²) >= 11 is 0. The molecule has 0 N–H and O–H groups in total. The van der Waals surface area contributed by atoms with Gasteiger partial charge in [-0.3, -0.25) is 0 Å². The maximum Gasteiger partial charge on any atom is 0.338 e. The van der Waals surface area contributed by atoms with Gasteiger partial charge in [0, 0.05) is 0 Å². The zero-order valence-corrected chi connectivity index (χ0v) is 12.5. The third-order valence-corrected chi connectivity index (χ3v) is 3.13. The second-order valence-corrected chi connectivity index (χ2v) is 4.72. The molecule has 0 saturated heterocycles. The van der Waals surface area contributed by atoms with Crippen molar-refractivity contribution in [2.45, 2.75) is 0 Å². The molecule has 1 heterocycles. The number of halogens is 1. The Hall–Kier alpha value is -3.29. The highest BCUT2D eigenvalue weighted by Crippen LogP contribution is 2.15. The summed E-state index contributed by atoms with van der Waals surface area (Å²) < 4.78 is 25.1. The topological polar surface area (TPSA) is 79.1 Å². The van der Waals surface area contributed by atoms with Gasteiger partial charge >= 0.3 is 5.97 Å². The molecule has 0 bridgehead atoms. The maximum absolute atomic E-state index is 13.3. The van der Waals surface area contributed by atoms with Gasteiger partial charge in [-0.15, -0.1) is 5.10 Å². The SMILES string of the molecule is O=C(OCCOc1ccccc1F)c1ccc(-n2cnnn2)cc1. The van der Waals surface area contributed by atoms with Crippen molar-refractivity contribution in [2.75, 3.05) is 13.2 Å². The second kappa shape index (κ2) is 7.32. The van der Waals surface area contributed by atoms with E-state index in [9.17, 15) is 9.18 Å². The molecule has 0 aliphatic carbocycles. The highest BCUT2D eigenvalue weighted by molar-refractivity contribution is 5.89. The van der Waals surface area contributed by atoms with E-state index in [4.69, 9.17) is 9.47 Å². The molecule has 3 aromatic rings. The number of para-hydroxylation sites is 1. The third kappa shape index (κ3) is 3.72. The molecule has 0 unspecified atom stereocenters. The Morgan fingerprint density at radius 2 is 1.88 bits per heavy atom. The van der Waals surface area contributed by atoms with Crippen LogP contribution in [0.25, 0.3) is 5.69 Å². The average molecular weight is 328 g/mol. The van der Waals surface area contributed by atoms with E-state index in [2.05, 4.69) is 15.5 Å². The number of benzene rings is 2. The van der Waals surface area contributed by atoms with Gasteiger partial charge in [-0.25, -0.2) is 13.9 Å². The number of hydrogen-bond donors (Lipinski definition) is 0. The highest BCUT2D eigenvalue weighted by Gasteiger charge is 2.08. The predicted octanol–water partition coefficient (Wildman–Crippen LogP) is 2.04. The van der Waals surface area contributed by atoms with Crippen LogP contribution >= 0.6 is 0 Å². The molecular weight excluding hydrogens is 315 g/mol. The molecule has 1 aromatic heterocycles. The zero-order valence-electron chi connectivity index (χ0n) is 12.5. The van der Waals surface area contributed by atoms with Gasteiger partial charge in [-0.05, 0) is 46.8 Å². The number of esters is 1. The van der Waals surface area contributed by atoms with Crippen LogP contribution in [0.2, 0.25) is 0 Å². The summed E-state index contributed by atoms with van der Waals surface area (Å²) in [6.45, 7) is 0.0807. The summed E-state index contributed by atoms with van der Waals surface area (Å²) in [5.41, 5.74) is 1.11. The van der Waals surface area contributed by atoms with Crippen molar-refractivity contribution in [1.82, 2.24) is 20.2 Å². The molecule has 8 heteroatoms. The Bertz CT molecular complexity index is 806. The Morgan fingerprint density at radius 3 is 2.58 bits per heavy atom. The number of carbonyl (C=O) groups excluding carboxylic acids is 1. The van der Waals surface area contributed by atoms with Crippen LogP contribution in [0.15, 0.2) is 54.9 Å². The molecule has 0 aliphatic rings. The number of nitrogens with zero attached hydrogens (tertiary/aromatic N) is 4. The van der Waals surface area contributed by atoms with Crippen LogP contribution in [0.3, 0.4) is 0 Å². The van der Waals surface area contributed by atoms with Gasteiger partial charge in [0.25, 0.3) is 0 Å². The number of ether oxygens (including phenoxy) is 2. The van der Waals surface area contributed by atoms with Crippen molar-refractivity contribution in [1.29, 1.82) is 0 Å². The summed E-state index contributed by atoms with van der Waals surface area (Å²) in [5.74, 6) is -0.822. The molecule has 0 radical (unpaired) electrons. The molecule has 0 aliphatic heterocycles. The fourth-order valence-corrected chi connectivity index (χ4v) is 1.96. The van der Waals surface area contributed by atoms with E-state index in [0.29, 0.717) is 5.56 Å². The lowest BCUT2D eigenvalue weighted by Gasteiger charge is -2.08. The van der Waals surface area contributed by atoms with Crippen LogP contribution in [-0.4, -0.2) is 39.4 Å². The third-order valence-electron chi connectivity index (χ3n) is 3.13.